The summed E-state index contributed by atoms with van der Waals surface area (Å²) in [6, 6.07) is 2.17. The molecule has 0 aromatic heterocycles. The lowest BCUT2D eigenvalue weighted by molar-refractivity contribution is -0.000376. The van der Waals surface area contributed by atoms with E-state index in [-0.39, 0.29) is 0 Å². The Balaban J connectivity index is 2.04. The molecule has 0 heterocycles. The van der Waals surface area contributed by atoms with Crippen LogP contribution in [0.3, 0.4) is 0 Å². The van der Waals surface area contributed by atoms with Crippen LogP contribution in [0.1, 0.15) is 45.4 Å². The van der Waals surface area contributed by atoms with Gasteiger partial charge in [0.25, 0.3) is 0 Å². The smallest absolute Gasteiger partial charge is 0.104 e. The van der Waals surface area contributed by atoms with E-state index >= 15 is 0 Å². The molecule has 0 bridgehead atoms. The van der Waals surface area contributed by atoms with Crippen molar-refractivity contribution in [2.24, 2.45) is 5.73 Å². The Hall–Kier alpha value is -0.590. The first-order chi connectivity index (χ1) is 6.70. The molecule has 1 saturated carbocycles. The van der Waals surface area contributed by atoms with Gasteiger partial charge in [0.1, 0.15) is 5.54 Å². The molecule has 0 aromatic rings. The molecular formula is C11H20N2O. The minimum atomic E-state index is -0.636. The highest BCUT2D eigenvalue weighted by Gasteiger charge is 2.22. The Labute approximate surface area is 86.2 Å². The standard InChI is InChI=1S/C11H20N2O/c1-2-11(13,9-12)7-4-8-14-10-5-3-6-10/h10H,2-8,13H2,1H3. The normalized spacial score (nSPS) is 20.9. The Morgan fingerprint density at radius 3 is 2.71 bits per heavy atom. The molecule has 1 fully saturated rings. The van der Waals surface area contributed by atoms with E-state index < -0.39 is 5.54 Å². The van der Waals surface area contributed by atoms with E-state index in [2.05, 4.69) is 6.07 Å². The van der Waals surface area contributed by atoms with Gasteiger partial charge in [-0.3, -0.25) is 0 Å². The second-order valence-electron chi connectivity index (χ2n) is 4.15. The molecule has 0 saturated heterocycles. The van der Waals surface area contributed by atoms with E-state index in [1.165, 1.54) is 19.3 Å². The maximum absolute atomic E-state index is 8.84. The molecule has 0 amide bonds. The van der Waals surface area contributed by atoms with Crippen LogP contribution in [0.2, 0.25) is 0 Å². The summed E-state index contributed by atoms with van der Waals surface area (Å²) in [5.74, 6) is 0. The average Bonchev–Trinajstić information content (AvgIpc) is 2.14. The van der Waals surface area contributed by atoms with Crippen LogP contribution < -0.4 is 5.73 Å². The third kappa shape index (κ3) is 3.28. The first-order valence-corrected chi connectivity index (χ1v) is 5.52. The summed E-state index contributed by atoms with van der Waals surface area (Å²) in [6.45, 7) is 2.71. The lowest BCUT2D eigenvalue weighted by Gasteiger charge is -2.26. The zero-order valence-electron chi connectivity index (χ0n) is 8.96. The van der Waals surface area contributed by atoms with Gasteiger partial charge in [0.15, 0.2) is 0 Å². The number of hydrogen-bond donors (Lipinski definition) is 1. The molecule has 0 radical (unpaired) electrons. The molecule has 80 valence electrons. The summed E-state index contributed by atoms with van der Waals surface area (Å²) in [5.41, 5.74) is 5.21. The molecule has 14 heavy (non-hydrogen) atoms. The number of nitriles is 1. The predicted octanol–water partition coefficient (Wildman–Crippen LogP) is 1.97. The van der Waals surface area contributed by atoms with Crippen LogP contribution in [0, 0.1) is 11.3 Å². The van der Waals surface area contributed by atoms with Gasteiger partial charge in [-0.25, -0.2) is 0 Å². The van der Waals surface area contributed by atoms with Crippen molar-refractivity contribution < 1.29 is 4.74 Å². The maximum Gasteiger partial charge on any atom is 0.104 e. The third-order valence-corrected chi connectivity index (χ3v) is 3.03. The van der Waals surface area contributed by atoms with Gasteiger partial charge in [-0.1, -0.05) is 6.92 Å². The monoisotopic (exact) mass is 196 g/mol. The van der Waals surface area contributed by atoms with Crippen LogP contribution >= 0.6 is 0 Å². The van der Waals surface area contributed by atoms with Crippen molar-refractivity contribution in [3.63, 3.8) is 0 Å². The zero-order valence-corrected chi connectivity index (χ0v) is 8.96. The number of hydrogen-bond acceptors (Lipinski definition) is 3. The van der Waals surface area contributed by atoms with Crippen molar-refractivity contribution >= 4 is 0 Å². The molecule has 3 heteroatoms. The van der Waals surface area contributed by atoms with E-state index in [4.69, 9.17) is 15.7 Å². The van der Waals surface area contributed by atoms with Crippen LogP contribution in [0.5, 0.6) is 0 Å². The highest BCUT2D eigenvalue weighted by molar-refractivity contribution is 5.03. The Morgan fingerprint density at radius 1 is 1.57 bits per heavy atom. The van der Waals surface area contributed by atoms with Crippen molar-refractivity contribution in [3.8, 4) is 6.07 Å². The SMILES string of the molecule is CCC(N)(C#N)CCCOC1CCC1. The molecule has 1 aliphatic carbocycles. The largest absolute Gasteiger partial charge is 0.378 e. The summed E-state index contributed by atoms with van der Waals surface area (Å²) in [7, 11) is 0. The van der Waals surface area contributed by atoms with Crippen molar-refractivity contribution in [1.82, 2.24) is 0 Å². The van der Waals surface area contributed by atoms with Crippen LogP contribution in [0.4, 0.5) is 0 Å². The minimum Gasteiger partial charge on any atom is -0.378 e. The van der Waals surface area contributed by atoms with Crippen molar-refractivity contribution in [1.29, 1.82) is 5.26 Å². The van der Waals surface area contributed by atoms with E-state index in [0.717, 1.165) is 19.4 Å². The van der Waals surface area contributed by atoms with Gasteiger partial charge in [-0.05, 0) is 38.5 Å². The minimum absolute atomic E-state index is 0.492. The van der Waals surface area contributed by atoms with Crippen LogP contribution in [0.25, 0.3) is 0 Å². The van der Waals surface area contributed by atoms with Gasteiger partial charge in [0.05, 0.1) is 12.2 Å². The summed E-state index contributed by atoms with van der Waals surface area (Å²) < 4.78 is 5.60. The quantitative estimate of drug-likeness (QED) is 0.661. The summed E-state index contributed by atoms with van der Waals surface area (Å²) in [5, 5.41) is 8.84. The Bertz CT molecular complexity index is 208. The second-order valence-corrected chi connectivity index (χ2v) is 4.15. The molecule has 1 rings (SSSR count). The molecule has 1 atom stereocenters. The molecule has 1 aliphatic rings. The fraction of sp³-hybridized carbons (Fsp3) is 0.909. The first-order valence-electron chi connectivity index (χ1n) is 5.52. The average molecular weight is 196 g/mol. The van der Waals surface area contributed by atoms with Gasteiger partial charge in [-0.2, -0.15) is 5.26 Å². The molecule has 0 aromatic carbocycles. The van der Waals surface area contributed by atoms with Crippen molar-refractivity contribution in [2.75, 3.05) is 6.61 Å². The molecule has 2 N–H and O–H groups in total. The zero-order chi connectivity index (χ0) is 10.4. The van der Waals surface area contributed by atoms with Crippen molar-refractivity contribution in [3.05, 3.63) is 0 Å². The molecule has 3 nitrogen and oxygen atoms in total. The molecule has 0 spiro atoms. The number of ether oxygens (including phenoxy) is 1. The molecular weight excluding hydrogens is 176 g/mol. The van der Waals surface area contributed by atoms with Gasteiger partial charge in [0.2, 0.25) is 0 Å². The number of nitrogens with zero attached hydrogens (tertiary/aromatic N) is 1. The number of rotatable bonds is 6. The van der Waals surface area contributed by atoms with E-state index in [1.54, 1.807) is 0 Å². The van der Waals surface area contributed by atoms with Crippen molar-refractivity contribution in [2.45, 2.75) is 57.1 Å². The van der Waals surface area contributed by atoms with Crippen LogP contribution in [-0.2, 0) is 4.74 Å². The number of nitrogens with two attached hydrogens (primary N) is 1. The highest BCUT2D eigenvalue weighted by atomic mass is 16.5. The predicted molar refractivity (Wildman–Crippen MR) is 55.6 cm³/mol. The summed E-state index contributed by atoms with van der Waals surface area (Å²) in [6.07, 6.45) is 6.57. The first kappa shape index (κ1) is 11.5. The third-order valence-electron chi connectivity index (χ3n) is 3.03. The van der Waals surface area contributed by atoms with Gasteiger partial charge < -0.3 is 10.5 Å². The lowest BCUT2D eigenvalue weighted by atomic mass is 9.93. The maximum atomic E-state index is 8.84. The molecule has 0 aliphatic heterocycles. The van der Waals surface area contributed by atoms with E-state index in [9.17, 15) is 0 Å². The fourth-order valence-corrected chi connectivity index (χ4v) is 1.49. The topological polar surface area (TPSA) is 59.0 Å². The van der Waals surface area contributed by atoms with Gasteiger partial charge in [-0.15, -0.1) is 0 Å². The molecule has 1 unspecified atom stereocenters. The summed E-state index contributed by atoms with van der Waals surface area (Å²) >= 11 is 0. The highest BCUT2D eigenvalue weighted by Crippen LogP contribution is 2.22. The van der Waals surface area contributed by atoms with Crippen LogP contribution in [0.15, 0.2) is 0 Å². The van der Waals surface area contributed by atoms with E-state index in [1.807, 2.05) is 6.92 Å². The van der Waals surface area contributed by atoms with Crippen LogP contribution in [-0.4, -0.2) is 18.2 Å². The summed E-state index contributed by atoms with van der Waals surface area (Å²) in [4.78, 5) is 0. The fourth-order valence-electron chi connectivity index (χ4n) is 1.49. The van der Waals surface area contributed by atoms with Gasteiger partial charge >= 0.3 is 0 Å². The Morgan fingerprint density at radius 2 is 2.29 bits per heavy atom. The van der Waals surface area contributed by atoms with Gasteiger partial charge in [0, 0.05) is 6.61 Å². The second kappa shape index (κ2) is 5.33. The van der Waals surface area contributed by atoms with E-state index in [0.29, 0.717) is 12.5 Å². The Kier molecular flexibility index (Phi) is 4.37. The lowest BCUT2D eigenvalue weighted by Crippen LogP contribution is -2.37.